The van der Waals surface area contributed by atoms with E-state index in [4.69, 9.17) is 10.5 Å². The van der Waals surface area contributed by atoms with E-state index in [0.29, 0.717) is 11.4 Å². The number of esters is 1. The van der Waals surface area contributed by atoms with E-state index in [9.17, 15) is 4.79 Å². The lowest BCUT2D eigenvalue weighted by Crippen LogP contribution is -2.04. The van der Waals surface area contributed by atoms with Gasteiger partial charge in [-0.3, -0.25) is 0 Å². The van der Waals surface area contributed by atoms with Gasteiger partial charge in [-0.2, -0.15) is 0 Å². The zero-order chi connectivity index (χ0) is 13.1. The Balaban J connectivity index is 2.60. The van der Waals surface area contributed by atoms with Gasteiger partial charge in [0.1, 0.15) is 5.82 Å². The molecule has 1 aromatic carbocycles. The van der Waals surface area contributed by atoms with Crippen molar-refractivity contribution in [2.75, 3.05) is 12.8 Å². The minimum Gasteiger partial charge on any atom is -0.465 e. The molecule has 0 radical (unpaired) electrons. The van der Waals surface area contributed by atoms with E-state index in [-0.39, 0.29) is 5.97 Å². The molecule has 0 bridgehead atoms. The lowest BCUT2D eigenvalue weighted by molar-refractivity contribution is 0.0601. The molecule has 0 atom stereocenters. The highest BCUT2D eigenvalue weighted by molar-refractivity contribution is 5.97. The lowest BCUT2D eigenvalue weighted by Gasteiger charge is -2.10. The lowest BCUT2D eigenvalue weighted by atomic mass is 9.98. The fraction of sp³-hybridized carbons (Fsp3) is 0.143. The fourth-order valence-electron chi connectivity index (χ4n) is 1.87. The van der Waals surface area contributed by atoms with Crippen LogP contribution in [0.4, 0.5) is 5.82 Å². The third-order valence-electron chi connectivity index (χ3n) is 2.75. The van der Waals surface area contributed by atoms with Crippen molar-refractivity contribution in [3.05, 3.63) is 47.7 Å². The van der Waals surface area contributed by atoms with E-state index < -0.39 is 0 Å². The minimum atomic E-state index is -0.359. The van der Waals surface area contributed by atoms with Crippen molar-refractivity contribution < 1.29 is 9.53 Å². The molecule has 18 heavy (non-hydrogen) atoms. The number of hydrogen-bond acceptors (Lipinski definition) is 4. The molecule has 2 aromatic rings. The van der Waals surface area contributed by atoms with E-state index in [2.05, 4.69) is 4.98 Å². The average Bonchev–Trinajstić information content (AvgIpc) is 2.38. The number of aryl methyl sites for hydroxylation is 1. The zero-order valence-corrected chi connectivity index (χ0v) is 10.3. The molecule has 0 aliphatic rings. The molecule has 4 heteroatoms. The topological polar surface area (TPSA) is 65.2 Å². The predicted molar refractivity (Wildman–Crippen MR) is 70.2 cm³/mol. The zero-order valence-electron chi connectivity index (χ0n) is 10.3. The van der Waals surface area contributed by atoms with Gasteiger partial charge in [0.25, 0.3) is 0 Å². The van der Waals surface area contributed by atoms with Crippen LogP contribution in [0.15, 0.2) is 36.5 Å². The second-order valence-electron chi connectivity index (χ2n) is 3.96. The van der Waals surface area contributed by atoms with Crippen molar-refractivity contribution in [2.24, 2.45) is 0 Å². The Morgan fingerprint density at radius 1 is 1.28 bits per heavy atom. The third kappa shape index (κ3) is 2.18. The van der Waals surface area contributed by atoms with Crippen LogP contribution < -0.4 is 5.73 Å². The minimum absolute atomic E-state index is 0.359. The molecule has 4 nitrogen and oxygen atoms in total. The van der Waals surface area contributed by atoms with Crippen molar-refractivity contribution in [3.8, 4) is 11.1 Å². The summed E-state index contributed by atoms with van der Waals surface area (Å²) in [6.45, 7) is 1.93. The van der Waals surface area contributed by atoms with Gasteiger partial charge >= 0.3 is 5.97 Å². The van der Waals surface area contributed by atoms with Gasteiger partial charge in [0.05, 0.1) is 12.7 Å². The Bertz CT molecular complexity index is 594. The molecule has 0 fully saturated rings. The van der Waals surface area contributed by atoms with Crippen LogP contribution in [0.25, 0.3) is 11.1 Å². The maximum absolute atomic E-state index is 11.7. The molecular weight excluding hydrogens is 228 g/mol. The van der Waals surface area contributed by atoms with E-state index in [1.807, 2.05) is 19.1 Å². The summed E-state index contributed by atoms with van der Waals surface area (Å²) in [4.78, 5) is 15.8. The highest BCUT2D eigenvalue weighted by Crippen LogP contribution is 2.27. The van der Waals surface area contributed by atoms with Crippen LogP contribution in [0.3, 0.4) is 0 Å². The molecule has 2 rings (SSSR count). The number of nitrogens with zero attached hydrogens (tertiary/aromatic N) is 1. The van der Waals surface area contributed by atoms with Crippen LogP contribution in [0.1, 0.15) is 15.9 Å². The van der Waals surface area contributed by atoms with Gasteiger partial charge in [0, 0.05) is 11.8 Å². The number of nitrogen functional groups attached to an aromatic ring is 1. The van der Waals surface area contributed by atoms with Crippen molar-refractivity contribution >= 4 is 11.8 Å². The van der Waals surface area contributed by atoms with Crippen LogP contribution in [0, 0.1) is 6.92 Å². The summed E-state index contributed by atoms with van der Waals surface area (Å²) in [5.74, 6) is 0.105. The van der Waals surface area contributed by atoms with E-state index in [1.54, 1.807) is 24.4 Å². The molecule has 0 saturated carbocycles. The first-order valence-corrected chi connectivity index (χ1v) is 5.53. The Labute approximate surface area is 105 Å². The average molecular weight is 242 g/mol. The number of pyridine rings is 1. The molecule has 0 saturated heterocycles. The number of nitrogens with two attached hydrogens (primary N) is 1. The van der Waals surface area contributed by atoms with Gasteiger partial charge < -0.3 is 10.5 Å². The second kappa shape index (κ2) is 4.87. The maximum Gasteiger partial charge on any atom is 0.338 e. The first-order chi connectivity index (χ1) is 8.63. The van der Waals surface area contributed by atoms with Crippen molar-refractivity contribution in [1.29, 1.82) is 0 Å². The Kier molecular flexibility index (Phi) is 3.28. The van der Waals surface area contributed by atoms with Gasteiger partial charge in [-0.05, 0) is 30.2 Å². The van der Waals surface area contributed by atoms with Crippen molar-refractivity contribution in [3.63, 3.8) is 0 Å². The maximum atomic E-state index is 11.7. The second-order valence-corrected chi connectivity index (χ2v) is 3.96. The summed E-state index contributed by atoms with van der Waals surface area (Å²) in [7, 11) is 1.37. The number of rotatable bonds is 2. The quantitative estimate of drug-likeness (QED) is 0.821. The number of hydrogen-bond donors (Lipinski definition) is 1. The van der Waals surface area contributed by atoms with Gasteiger partial charge in [-0.15, -0.1) is 0 Å². The number of benzene rings is 1. The summed E-state index contributed by atoms with van der Waals surface area (Å²) in [6, 6.07) is 9.06. The standard InChI is InChI=1S/C14H14N2O2/c1-9-7-13(15)16-8-12(9)10-5-3-4-6-11(10)14(17)18-2/h3-8H,1-2H3,(H2,15,16). The molecular formula is C14H14N2O2. The van der Waals surface area contributed by atoms with Crippen molar-refractivity contribution in [1.82, 2.24) is 4.98 Å². The van der Waals surface area contributed by atoms with E-state index in [1.165, 1.54) is 7.11 Å². The number of methoxy groups -OCH3 is 1. The van der Waals surface area contributed by atoms with E-state index >= 15 is 0 Å². The molecule has 0 aliphatic carbocycles. The first kappa shape index (κ1) is 12.1. The van der Waals surface area contributed by atoms with Crippen molar-refractivity contribution in [2.45, 2.75) is 6.92 Å². The number of aromatic nitrogens is 1. The number of ether oxygens (including phenoxy) is 1. The van der Waals surface area contributed by atoms with Gasteiger partial charge in [0.15, 0.2) is 0 Å². The number of carbonyl (C=O) groups is 1. The normalized spacial score (nSPS) is 10.1. The third-order valence-corrected chi connectivity index (χ3v) is 2.75. The predicted octanol–water partition coefficient (Wildman–Crippen LogP) is 2.43. The molecule has 0 unspecified atom stereocenters. The number of carbonyl (C=O) groups excluding carboxylic acids is 1. The van der Waals surface area contributed by atoms with Gasteiger partial charge in [0.2, 0.25) is 0 Å². The van der Waals surface area contributed by atoms with Gasteiger partial charge in [-0.25, -0.2) is 9.78 Å². The van der Waals surface area contributed by atoms with Crippen LogP contribution in [0.5, 0.6) is 0 Å². The Morgan fingerprint density at radius 3 is 2.67 bits per heavy atom. The summed E-state index contributed by atoms with van der Waals surface area (Å²) in [6.07, 6.45) is 1.67. The summed E-state index contributed by atoms with van der Waals surface area (Å²) in [5, 5.41) is 0. The largest absolute Gasteiger partial charge is 0.465 e. The van der Waals surface area contributed by atoms with Gasteiger partial charge in [-0.1, -0.05) is 18.2 Å². The van der Waals surface area contributed by atoms with E-state index in [0.717, 1.165) is 16.7 Å². The highest BCUT2D eigenvalue weighted by atomic mass is 16.5. The van der Waals surface area contributed by atoms with Crippen LogP contribution in [-0.2, 0) is 4.74 Å². The fourth-order valence-corrected chi connectivity index (χ4v) is 1.87. The molecule has 1 heterocycles. The molecule has 1 aromatic heterocycles. The molecule has 0 aliphatic heterocycles. The Morgan fingerprint density at radius 2 is 2.00 bits per heavy atom. The molecule has 92 valence electrons. The highest BCUT2D eigenvalue weighted by Gasteiger charge is 2.14. The summed E-state index contributed by atoms with van der Waals surface area (Å²) in [5.41, 5.74) is 8.80. The Hall–Kier alpha value is -2.36. The summed E-state index contributed by atoms with van der Waals surface area (Å²) >= 11 is 0. The van der Waals surface area contributed by atoms with Crippen LogP contribution in [-0.4, -0.2) is 18.1 Å². The monoisotopic (exact) mass is 242 g/mol. The molecule has 2 N–H and O–H groups in total. The smallest absolute Gasteiger partial charge is 0.338 e. The SMILES string of the molecule is COC(=O)c1ccccc1-c1cnc(N)cc1C. The van der Waals surface area contributed by atoms with Crippen LogP contribution >= 0.6 is 0 Å². The molecule has 0 spiro atoms. The summed E-state index contributed by atoms with van der Waals surface area (Å²) < 4.78 is 4.78. The number of anilines is 1. The first-order valence-electron chi connectivity index (χ1n) is 5.53. The van der Waals surface area contributed by atoms with Crippen LogP contribution in [0.2, 0.25) is 0 Å². The molecule has 0 amide bonds.